The maximum Gasteiger partial charge on any atom is 0.225 e. The van der Waals surface area contributed by atoms with E-state index in [0.717, 1.165) is 44.4 Å². The summed E-state index contributed by atoms with van der Waals surface area (Å²) in [5.41, 5.74) is 1.17. The number of benzene rings is 1. The number of para-hydroxylation sites is 1. The van der Waals surface area contributed by atoms with Crippen LogP contribution in [-0.2, 0) is 6.54 Å². The summed E-state index contributed by atoms with van der Waals surface area (Å²) in [4.78, 5) is 17.6. The van der Waals surface area contributed by atoms with Gasteiger partial charge in [0.05, 0.1) is 17.4 Å². The third kappa shape index (κ3) is 4.72. The van der Waals surface area contributed by atoms with Gasteiger partial charge in [0.2, 0.25) is 11.8 Å². The summed E-state index contributed by atoms with van der Waals surface area (Å²) in [5, 5.41) is 0.560. The van der Waals surface area contributed by atoms with Gasteiger partial charge in [0, 0.05) is 45.0 Å². The van der Waals surface area contributed by atoms with Crippen molar-refractivity contribution < 1.29 is 4.74 Å². The number of rotatable bonds is 5. The molecule has 1 saturated heterocycles. The minimum Gasteiger partial charge on any atom is -0.439 e. The topological polar surface area (TPSA) is 54.4 Å². The number of nitrogens with zero attached hydrogens (tertiary/aromatic N) is 5. The van der Waals surface area contributed by atoms with Crippen molar-refractivity contribution in [2.24, 2.45) is 0 Å². The monoisotopic (exact) mass is 381 g/mol. The molecular formula is C20H20ClN5O. The van der Waals surface area contributed by atoms with Crippen LogP contribution in [0.3, 0.4) is 0 Å². The highest BCUT2D eigenvalue weighted by Gasteiger charge is 2.19. The molecule has 1 aliphatic heterocycles. The predicted octanol–water partition coefficient (Wildman–Crippen LogP) is 3.64. The second-order valence-electron chi connectivity index (χ2n) is 6.38. The summed E-state index contributed by atoms with van der Waals surface area (Å²) in [6.45, 7) is 4.56. The molecule has 0 unspecified atom stereocenters. The summed E-state index contributed by atoms with van der Waals surface area (Å²) >= 11 is 5.85. The molecule has 0 atom stereocenters. The van der Waals surface area contributed by atoms with Gasteiger partial charge in [-0.25, -0.2) is 15.0 Å². The van der Waals surface area contributed by atoms with E-state index in [1.54, 1.807) is 12.4 Å². The molecule has 1 aromatic carbocycles. The molecule has 4 rings (SSSR count). The zero-order chi connectivity index (χ0) is 18.5. The van der Waals surface area contributed by atoms with Gasteiger partial charge in [0.25, 0.3) is 0 Å². The van der Waals surface area contributed by atoms with Gasteiger partial charge in [0.15, 0.2) is 0 Å². The first-order valence-corrected chi connectivity index (χ1v) is 9.27. The van der Waals surface area contributed by atoms with E-state index in [-0.39, 0.29) is 0 Å². The molecule has 0 amide bonds. The second-order valence-corrected chi connectivity index (χ2v) is 6.82. The van der Waals surface area contributed by atoms with E-state index < -0.39 is 0 Å². The Morgan fingerprint density at radius 3 is 2.26 bits per heavy atom. The molecule has 1 fully saturated rings. The predicted molar refractivity (Wildman–Crippen MR) is 105 cm³/mol. The summed E-state index contributed by atoms with van der Waals surface area (Å²) in [7, 11) is 0. The van der Waals surface area contributed by atoms with Crippen molar-refractivity contribution in [2.75, 3.05) is 31.1 Å². The fraction of sp³-hybridized carbons (Fsp3) is 0.250. The highest BCUT2D eigenvalue weighted by Crippen LogP contribution is 2.19. The number of anilines is 1. The number of aromatic nitrogens is 3. The molecule has 2 aromatic heterocycles. The van der Waals surface area contributed by atoms with Crippen LogP contribution >= 0.6 is 11.6 Å². The van der Waals surface area contributed by atoms with E-state index in [1.165, 1.54) is 5.56 Å². The summed E-state index contributed by atoms with van der Waals surface area (Å²) in [5.74, 6) is 2.14. The van der Waals surface area contributed by atoms with Crippen molar-refractivity contribution in [1.82, 2.24) is 19.9 Å². The average molecular weight is 382 g/mol. The molecule has 0 aliphatic carbocycles. The van der Waals surface area contributed by atoms with Gasteiger partial charge in [-0.05, 0) is 17.7 Å². The van der Waals surface area contributed by atoms with Crippen molar-refractivity contribution in [3.05, 3.63) is 71.6 Å². The quantitative estimate of drug-likeness (QED) is 0.672. The Bertz CT molecular complexity index is 850. The molecule has 3 aromatic rings. The molecule has 0 N–H and O–H groups in total. The van der Waals surface area contributed by atoms with Crippen LogP contribution in [0.2, 0.25) is 5.02 Å². The first kappa shape index (κ1) is 17.7. The Morgan fingerprint density at radius 1 is 0.852 bits per heavy atom. The van der Waals surface area contributed by atoms with Crippen LogP contribution < -0.4 is 9.64 Å². The highest BCUT2D eigenvalue weighted by molar-refractivity contribution is 6.30. The molecular weight excluding hydrogens is 362 g/mol. The summed E-state index contributed by atoms with van der Waals surface area (Å²) < 4.78 is 5.74. The zero-order valence-corrected chi connectivity index (χ0v) is 15.6. The first-order valence-electron chi connectivity index (χ1n) is 8.89. The minimum absolute atomic E-state index is 0.560. The molecule has 0 spiro atoms. The molecule has 0 radical (unpaired) electrons. The minimum atomic E-state index is 0.560. The Kier molecular flexibility index (Phi) is 5.46. The lowest BCUT2D eigenvalue weighted by Crippen LogP contribution is -2.46. The van der Waals surface area contributed by atoms with Crippen molar-refractivity contribution in [2.45, 2.75) is 6.54 Å². The molecule has 7 heteroatoms. The van der Waals surface area contributed by atoms with Crippen LogP contribution in [0.25, 0.3) is 0 Å². The Balaban J connectivity index is 1.29. The SMILES string of the molecule is Clc1cnc(N2CCN(Cc3ccc(Oc4ccccc4)nc3)CC2)nc1. The third-order valence-corrected chi connectivity index (χ3v) is 4.63. The Labute approximate surface area is 163 Å². The molecule has 1 aliphatic rings. The molecule has 6 nitrogen and oxygen atoms in total. The van der Waals surface area contributed by atoms with Crippen LogP contribution in [-0.4, -0.2) is 46.0 Å². The van der Waals surface area contributed by atoms with Crippen molar-refractivity contribution in [3.8, 4) is 11.6 Å². The Hall–Kier alpha value is -2.70. The third-order valence-electron chi connectivity index (χ3n) is 4.43. The van der Waals surface area contributed by atoms with Gasteiger partial charge in [-0.2, -0.15) is 0 Å². The lowest BCUT2D eigenvalue weighted by Gasteiger charge is -2.34. The van der Waals surface area contributed by atoms with Gasteiger partial charge >= 0.3 is 0 Å². The maximum atomic E-state index is 5.85. The molecule has 3 heterocycles. The average Bonchev–Trinajstić information content (AvgIpc) is 2.72. The van der Waals surface area contributed by atoms with Crippen LogP contribution in [0.1, 0.15) is 5.56 Å². The van der Waals surface area contributed by atoms with Crippen molar-refractivity contribution >= 4 is 17.5 Å². The standard InChI is InChI=1S/C20H20ClN5O/c21-17-13-23-20(24-14-17)26-10-8-25(9-11-26)15-16-6-7-19(22-12-16)27-18-4-2-1-3-5-18/h1-7,12-14H,8-11,15H2. The Morgan fingerprint density at radius 2 is 1.59 bits per heavy atom. The van der Waals surface area contributed by atoms with Gasteiger partial charge < -0.3 is 9.64 Å². The molecule has 27 heavy (non-hydrogen) atoms. The van der Waals surface area contributed by atoms with E-state index in [2.05, 4.69) is 30.8 Å². The lowest BCUT2D eigenvalue weighted by atomic mass is 10.2. The fourth-order valence-corrected chi connectivity index (χ4v) is 3.10. The molecule has 0 saturated carbocycles. The number of pyridine rings is 1. The zero-order valence-electron chi connectivity index (χ0n) is 14.8. The lowest BCUT2D eigenvalue weighted by molar-refractivity contribution is 0.248. The van der Waals surface area contributed by atoms with Gasteiger partial charge in [-0.1, -0.05) is 35.9 Å². The van der Waals surface area contributed by atoms with Gasteiger partial charge in [-0.15, -0.1) is 0 Å². The van der Waals surface area contributed by atoms with Crippen molar-refractivity contribution in [1.29, 1.82) is 0 Å². The molecule has 138 valence electrons. The number of ether oxygens (including phenoxy) is 1. The molecule has 0 bridgehead atoms. The van der Waals surface area contributed by atoms with E-state index >= 15 is 0 Å². The number of piperazine rings is 1. The highest BCUT2D eigenvalue weighted by atomic mass is 35.5. The van der Waals surface area contributed by atoms with Crippen LogP contribution in [0.5, 0.6) is 11.6 Å². The summed E-state index contributed by atoms with van der Waals surface area (Å²) in [6, 6.07) is 13.7. The number of hydrogen-bond acceptors (Lipinski definition) is 6. The second kappa shape index (κ2) is 8.33. The largest absolute Gasteiger partial charge is 0.439 e. The fourth-order valence-electron chi connectivity index (χ4n) is 3.01. The van der Waals surface area contributed by atoms with Crippen LogP contribution in [0, 0.1) is 0 Å². The first-order chi connectivity index (χ1) is 13.3. The van der Waals surface area contributed by atoms with E-state index in [1.807, 2.05) is 42.6 Å². The smallest absolute Gasteiger partial charge is 0.225 e. The maximum absolute atomic E-state index is 5.85. The van der Waals surface area contributed by atoms with Crippen LogP contribution in [0.15, 0.2) is 61.1 Å². The van der Waals surface area contributed by atoms with Gasteiger partial charge in [-0.3, -0.25) is 4.90 Å². The number of halogens is 1. The van der Waals surface area contributed by atoms with E-state index in [0.29, 0.717) is 10.9 Å². The normalized spacial score (nSPS) is 14.9. The number of hydrogen-bond donors (Lipinski definition) is 0. The van der Waals surface area contributed by atoms with Crippen molar-refractivity contribution in [3.63, 3.8) is 0 Å². The van der Waals surface area contributed by atoms with E-state index in [9.17, 15) is 0 Å². The summed E-state index contributed by atoms with van der Waals surface area (Å²) in [6.07, 6.45) is 5.16. The van der Waals surface area contributed by atoms with E-state index in [4.69, 9.17) is 16.3 Å². The van der Waals surface area contributed by atoms with Gasteiger partial charge in [0.1, 0.15) is 5.75 Å². The van der Waals surface area contributed by atoms with Crippen LogP contribution in [0.4, 0.5) is 5.95 Å².